The number of thiazole rings is 1. The van der Waals surface area contributed by atoms with Crippen LogP contribution in [0.1, 0.15) is 5.69 Å². The smallest absolute Gasteiger partial charge is 0.265 e. The lowest BCUT2D eigenvalue weighted by atomic mass is 10.1. The Bertz CT molecular complexity index is 956. The van der Waals surface area contributed by atoms with Crippen LogP contribution in [0.25, 0.3) is 22.3 Å². The highest BCUT2D eigenvalue weighted by molar-refractivity contribution is 8.26. The number of rotatable bonds is 2. The number of nitrogens with zero attached hydrogens (tertiary/aromatic N) is 3. The Morgan fingerprint density at radius 1 is 1.26 bits per heavy atom. The van der Waals surface area contributed by atoms with Gasteiger partial charge in [0.2, 0.25) is 0 Å². The van der Waals surface area contributed by atoms with Crippen molar-refractivity contribution >= 4 is 56.6 Å². The molecule has 1 aliphatic rings. The van der Waals surface area contributed by atoms with Crippen LogP contribution >= 0.6 is 35.3 Å². The summed E-state index contributed by atoms with van der Waals surface area (Å²) in [7, 11) is 1.70. The zero-order valence-electron chi connectivity index (χ0n) is 12.1. The predicted molar refractivity (Wildman–Crippen MR) is 99.4 cm³/mol. The molecule has 23 heavy (non-hydrogen) atoms. The van der Waals surface area contributed by atoms with Gasteiger partial charge in [0.15, 0.2) is 4.96 Å². The molecule has 1 amide bonds. The van der Waals surface area contributed by atoms with E-state index in [-0.39, 0.29) is 5.91 Å². The van der Waals surface area contributed by atoms with Crippen molar-refractivity contribution in [2.45, 2.75) is 0 Å². The number of fused-ring (bicyclic) bond motifs is 1. The molecule has 2 aromatic heterocycles. The van der Waals surface area contributed by atoms with Gasteiger partial charge in [0.25, 0.3) is 5.91 Å². The van der Waals surface area contributed by atoms with Gasteiger partial charge in [-0.1, -0.05) is 54.3 Å². The van der Waals surface area contributed by atoms with E-state index in [1.807, 2.05) is 52.4 Å². The van der Waals surface area contributed by atoms with E-state index in [4.69, 9.17) is 17.2 Å². The van der Waals surface area contributed by atoms with Crippen LogP contribution in [0, 0.1) is 0 Å². The number of hydrogen-bond acceptors (Lipinski definition) is 5. The summed E-state index contributed by atoms with van der Waals surface area (Å²) in [5.74, 6) is -0.0656. The zero-order chi connectivity index (χ0) is 16.0. The summed E-state index contributed by atoms with van der Waals surface area (Å²) < 4.78 is 2.59. The molecule has 7 heteroatoms. The number of carbonyl (C=O) groups excluding carboxylic acids is 1. The number of likely N-dealkylation sites (N-methyl/N-ethyl adjacent to an activating group) is 1. The highest BCUT2D eigenvalue weighted by Gasteiger charge is 2.29. The van der Waals surface area contributed by atoms with Crippen molar-refractivity contribution in [1.29, 1.82) is 0 Å². The molecule has 0 atom stereocenters. The van der Waals surface area contributed by atoms with Gasteiger partial charge in [0.1, 0.15) is 4.32 Å². The molecule has 3 aromatic rings. The highest BCUT2D eigenvalue weighted by Crippen LogP contribution is 2.34. The van der Waals surface area contributed by atoms with E-state index >= 15 is 0 Å². The van der Waals surface area contributed by atoms with Crippen LogP contribution in [0.3, 0.4) is 0 Å². The van der Waals surface area contributed by atoms with E-state index in [0.717, 1.165) is 21.9 Å². The molecular formula is C16H11N3OS3. The molecule has 0 bridgehead atoms. The lowest BCUT2D eigenvalue weighted by Gasteiger charge is -2.04. The maximum atomic E-state index is 12.3. The number of benzene rings is 1. The molecule has 1 aliphatic heterocycles. The summed E-state index contributed by atoms with van der Waals surface area (Å²) in [5.41, 5.74) is 2.81. The minimum Gasteiger partial charge on any atom is -0.296 e. The Labute approximate surface area is 146 Å². The zero-order valence-corrected chi connectivity index (χ0v) is 14.5. The standard InChI is InChI=1S/C16H11N3OS3/c1-18-14(20)12(23-16(18)21)9-11-13(10-5-3-2-4-6-10)17-15-19(11)7-8-22-15/h2-9H,1H3/b12-9-. The second-order valence-corrected chi connectivity index (χ2v) is 7.56. The summed E-state index contributed by atoms with van der Waals surface area (Å²) in [6.45, 7) is 0. The van der Waals surface area contributed by atoms with Gasteiger partial charge < -0.3 is 0 Å². The molecule has 4 nitrogen and oxygen atoms in total. The van der Waals surface area contributed by atoms with Crippen LogP contribution in [0.5, 0.6) is 0 Å². The van der Waals surface area contributed by atoms with Gasteiger partial charge in [0, 0.05) is 24.2 Å². The number of amides is 1. The van der Waals surface area contributed by atoms with Crippen molar-refractivity contribution in [2.24, 2.45) is 0 Å². The number of carbonyl (C=O) groups is 1. The quantitative estimate of drug-likeness (QED) is 0.515. The third kappa shape index (κ3) is 2.41. The summed E-state index contributed by atoms with van der Waals surface area (Å²) in [6.07, 6.45) is 3.86. The second-order valence-electron chi connectivity index (χ2n) is 5.01. The largest absolute Gasteiger partial charge is 0.296 e. The first-order valence-electron chi connectivity index (χ1n) is 6.87. The summed E-state index contributed by atoms with van der Waals surface area (Å²) in [5, 5.41) is 1.99. The van der Waals surface area contributed by atoms with Crippen LogP contribution in [0.2, 0.25) is 0 Å². The average molecular weight is 357 g/mol. The van der Waals surface area contributed by atoms with Crippen LogP contribution in [0.15, 0.2) is 46.8 Å². The Kier molecular flexibility index (Phi) is 3.56. The first kappa shape index (κ1) is 14.6. The fraction of sp³-hybridized carbons (Fsp3) is 0.0625. The third-order valence-electron chi connectivity index (χ3n) is 3.60. The Morgan fingerprint density at radius 2 is 2.04 bits per heavy atom. The second kappa shape index (κ2) is 5.59. The molecule has 3 heterocycles. The van der Waals surface area contributed by atoms with E-state index in [9.17, 15) is 4.79 Å². The molecule has 0 unspecified atom stereocenters. The molecule has 1 saturated heterocycles. The molecule has 0 spiro atoms. The number of aromatic nitrogens is 2. The van der Waals surface area contributed by atoms with Gasteiger partial charge in [-0.15, -0.1) is 11.3 Å². The van der Waals surface area contributed by atoms with Crippen LogP contribution < -0.4 is 0 Å². The summed E-state index contributed by atoms with van der Waals surface area (Å²) >= 11 is 8.10. The Balaban J connectivity index is 1.91. The first-order valence-corrected chi connectivity index (χ1v) is 8.98. The number of thioether (sulfide) groups is 1. The molecule has 0 aliphatic carbocycles. The van der Waals surface area contributed by atoms with Crippen LogP contribution in [0.4, 0.5) is 0 Å². The maximum Gasteiger partial charge on any atom is 0.265 e. The predicted octanol–water partition coefficient (Wildman–Crippen LogP) is 3.89. The molecule has 1 fully saturated rings. The lowest BCUT2D eigenvalue weighted by Crippen LogP contribution is -2.22. The molecular weight excluding hydrogens is 346 g/mol. The molecule has 114 valence electrons. The van der Waals surface area contributed by atoms with Crippen LogP contribution in [-0.4, -0.2) is 31.6 Å². The minimum atomic E-state index is -0.0656. The van der Waals surface area contributed by atoms with E-state index in [2.05, 4.69) is 0 Å². The topological polar surface area (TPSA) is 37.6 Å². The van der Waals surface area contributed by atoms with Crippen LogP contribution in [-0.2, 0) is 4.79 Å². The van der Waals surface area contributed by atoms with Gasteiger partial charge in [-0.05, 0) is 6.08 Å². The normalized spacial score (nSPS) is 16.9. The minimum absolute atomic E-state index is 0.0656. The van der Waals surface area contributed by atoms with Gasteiger partial charge in [-0.3, -0.25) is 14.1 Å². The first-order chi connectivity index (χ1) is 11.1. The average Bonchev–Trinajstić information content (AvgIpc) is 3.21. The van der Waals surface area contributed by atoms with Gasteiger partial charge >= 0.3 is 0 Å². The fourth-order valence-electron chi connectivity index (χ4n) is 2.42. The number of imidazole rings is 1. The molecule has 0 N–H and O–H groups in total. The number of hydrogen-bond donors (Lipinski definition) is 0. The molecule has 4 rings (SSSR count). The Morgan fingerprint density at radius 3 is 2.74 bits per heavy atom. The van der Waals surface area contributed by atoms with Crippen molar-refractivity contribution in [3.8, 4) is 11.3 Å². The lowest BCUT2D eigenvalue weighted by molar-refractivity contribution is -0.121. The van der Waals surface area contributed by atoms with E-state index in [1.165, 1.54) is 16.7 Å². The summed E-state index contributed by atoms with van der Waals surface area (Å²) in [4.78, 5) is 20.0. The Hall–Kier alpha value is -1.96. The summed E-state index contributed by atoms with van der Waals surface area (Å²) in [6, 6.07) is 9.99. The SMILES string of the molecule is CN1C(=O)/C(=C/c2c(-c3ccccc3)nc3sccn23)SC1=S. The van der Waals surface area contributed by atoms with E-state index < -0.39 is 0 Å². The van der Waals surface area contributed by atoms with E-state index in [1.54, 1.807) is 18.4 Å². The van der Waals surface area contributed by atoms with E-state index in [0.29, 0.717) is 9.23 Å². The highest BCUT2D eigenvalue weighted by atomic mass is 32.2. The molecule has 1 aromatic carbocycles. The third-order valence-corrected chi connectivity index (χ3v) is 5.84. The van der Waals surface area contributed by atoms with Gasteiger partial charge in [0.05, 0.1) is 16.3 Å². The van der Waals surface area contributed by atoms with Crippen molar-refractivity contribution in [2.75, 3.05) is 7.05 Å². The monoisotopic (exact) mass is 357 g/mol. The van der Waals surface area contributed by atoms with Gasteiger partial charge in [-0.2, -0.15) is 0 Å². The molecule has 0 saturated carbocycles. The fourth-order valence-corrected chi connectivity index (χ4v) is 4.30. The van der Waals surface area contributed by atoms with Crippen molar-refractivity contribution in [3.63, 3.8) is 0 Å². The van der Waals surface area contributed by atoms with Crippen molar-refractivity contribution < 1.29 is 4.79 Å². The van der Waals surface area contributed by atoms with Gasteiger partial charge in [-0.25, -0.2) is 4.98 Å². The number of thiocarbonyl (C=S) groups is 1. The van der Waals surface area contributed by atoms with Crippen molar-refractivity contribution in [3.05, 3.63) is 52.5 Å². The molecule has 0 radical (unpaired) electrons. The maximum absolute atomic E-state index is 12.3. The van der Waals surface area contributed by atoms with Crippen molar-refractivity contribution in [1.82, 2.24) is 14.3 Å².